The summed E-state index contributed by atoms with van der Waals surface area (Å²) in [4.78, 5) is 5.23. The Morgan fingerprint density at radius 3 is 2.67 bits per heavy atom. The van der Waals surface area contributed by atoms with Gasteiger partial charge in [-0.15, -0.1) is 0 Å². The minimum atomic E-state index is 0.0903. The zero-order chi connectivity index (χ0) is 11.1. The Bertz CT molecular complexity index is 168. The van der Waals surface area contributed by atoms with Gasteiger partial charge in [-0.05, 0) is 13.3 Å². The minimum Gasteiger partial charge on any atom is -0.382 e. The van der Waals surface area contributed by atoms with Gasteiger partial charge in [0.1, 0.15) is 6.10 Å². The van der Waals surface area contributed by atoms with E-state index in [-0.39, 0.29) is 18.2 Å². The molecule has 0 spiro atoms. The van der Waals surface area contributed by atoms with Crippen LogP contribution in [0.15, 0.2) is 0 Å². The van der Waals surface area contributed by atoms with Gasteiger partial charge in [0.2, 0.25) is 0 Å². The van der Waals surface area contributed by atoms with Gasteiger partial charge in [-0.2, -0.15) is 5.48 Å². The van der Waals surface area contributed by atoms with E-state index in [0.29, 0.717) is 13.2 Å². The smallest absolute Gasteiger partial charge is 0.101 e. The Labute approximate surface area is 91.0 Å². The Hall–Kier alpha value is -0.200. The third kappa shape index (κ3) is 3.70. The fraction of sp³-hybridized carbons (Fsp3) is 1.00. The summed E-state index contributed by atoms with van der Waals surface area (Å²) in [5.41, 5.74) is 2.96. The van der Waals surface area contributed by atoms with E-state index in [1.807, 2.05) is 6.92 Å². The van der Waals surface area contributed by atoms with Gasteiger partial charge < -0.3 is 14.2 Å². The van der Waals surface area contributed by atoms with Crippen LogP contribution in [0.2, 0.25) is 0 Å². The molecule has 5 nitrogen and oxygen atoms in total. The monoisotopic (exact) mass is 219 g/mol. The van der Waals surface area contributed by atoms with Gasteiger partial charge >= 0.3 is 0 Å². The van der Waals surface area contributed by atoms with Gasteiger partial charge in [0, 0.05) is 20.8 Å². The predicted octanol–water partition coefficient (Wildman–Crippen LogP) is 0.346. The van der Waals surface area contributed by atoms with Gasteiger partial charge in [-0.3, -0.25) is 4.84 Å². The zero-order valence-corrected chi connectivity index (χ0v) is 9.69. The molecule has 0 amide bonds. The Balaban J connectivity index is 2.10. The average molecular weight is 219 g/mol. The Morgan fingerprint density at radius 2 is 2.07 bits per heavy atom. The lowest BCUT2D eigenvalue weighted by Crippen LogP contribution is -2.59. The SMILES string of the molecule is CCOC1CC(NOCCOC)C1OC. The molecule has 0 aliphatic heterocycles. The first-order valence-electron chi connectivity index (χ1n) is 5.34. The number of ether oxygens (including phenoxy) is 3. The van der Waals surface area contributed by atoms with E-state index in [4.69, 9.17) is 19.0 Å². The van der Waals surface area contributed by atoms with Gasteiger partial charge in [0.15, 0.2) is 0 Å². The summed E-state index contributed by atoms with van der Waals surface area (Å²) in [6, 6.07) is 0.225. The summed E-state index contributed by atoms with van der Waals surface area (Å²) in [7, 11) is 3.34. The third-order valence-corrected chi connectivity index (χ3v) is 2.53. The molecule has 0 aromatic heterocycles. The number of hydrogen-bond donors (Lipinski definition) is 1. The van der Waals surface area contributed by atoms with Gasteiger partial charge in [0.25, 0.3) is 0 Å². The van der Waals surface area contributed by atoms with Crippen LogP contribution in [-0.2, 0) is 19.0 Å². The number of methoxy groups -OCH3 is 2. The maximum absolute atomic E-state index is 5.49. The van der Waals surface area contributed by atoms with Crippen LogP contribution in [0.3, 0.4) is 0 Å². The number of hydroxylamine groups is 1. The van der Waals surface area contributed by atoms with Crippen LogP contribution in [0.4, 0.5) is 0 Å². The highest BCUT2D eigenvalue weighted by Gasteiger charge is 2.42. The fourth-order valence-corrected chi connectivity index (χ4v) is 1.68. The molecule has 0 aromatic carbocycles. The molecule has 1 aliphatic rings. The first-order chi connectivity index (χ1) is 7.33. The second-order valence-corrected chi connectivity index (χ2v) is 3.50. The quantitative estimate of drug-likeness (QED) is 0.471. The van der Waals surface area contributed by atoms with E-state index in [1.54, 1.807) is 14.2 Å². The lowest BCUT2D eigenvalue weighted by molar-refractivity contribution is -0.165. The van der Waals surface area contributed by atoms with Crippen LogP contribution >= 0.6 is 0 Å². The summed E-state index contributed by atoms with van der Waals surface area (Å²) >= 11 is 0. The lowest BCUT2D eigenvalue weighted by atomic mass is 9.86. The van der Waals surface area contributed by atoms with Crippen LogP contribution in [-0.4, -0.2) is 52.3 Å². The van der Waals surface area contributed by atoms with E-state index in [2.05, 4.69) is 5.48 Å². The second-order valence-electron chi connectivity index (χ2n) is 3.50. The Morgan fingerprint density at radius 1 is 1.27 bits per heavy atom. The van der Waals surface area contributed by atoms with Crippen molar-refractivity contribution in [1.82, 2.24) is 5.48 Å². The predicted molar refractivity (Wildman–Crippen MR) is 55.6 cm³/mol. The molecule has 15 heavy (non-hydrogen) atoms. The van der Waals surface area contributed by atoms with E-state index in [1.165, 1.54) is 0 Å². The fourth-order valence-electron chi connectivity index (χ4n) is 1.68. The molecule has 0 radical (unpaired) electrons. The third-order valence-electron chi connectivity index (χ3n) is 2.53. The highest BCUT2D eigenvalue weighted by Crippen LogP contribution is 2.26. The van der Waals surface area contributed by atoms with Crippen LogP contribution in [0.1, 0.15) is 13.3 Å². The summed E-state index contributed by atoms with van der Waals surface area (Å²) < 4.78 is 15.7. The number of nitrogens with one attached hydrogen (secondary N) is 1. The summed E-state index contributed by atoms with van der Waals surface area (Å²) in [6.45, 7) is 3.85. The largest absolute Gasteiger partial charge is 0.382 e. The highest BCUT2D eigenvalue weighted by atomic mass is 16.7. The van der Waals surface area contributed by atoms with Crippen LogP contribution in [0.25, 0.3) is 0 Å². The lowest BCUT2D eigenvalue weighted by Gasteiger charge is -2.42. The van der Waals surface area contributed by atoms with Crippen molar-refractivity contribution in [3.05, 3.63) is 0 Å². The van der Waals surface area contributed by atoms with E-state index >= 15 is 0 Å². The minimum absolute atomic E-state index is 0.0903. The van der Waals surface area contributed by atoms with Crippen LogP contribution < -0.4 is 5.48 Å². The first kappa shape index (κ1) is 12.9. The summed E-state index contributed by atoms with van der Waals surface area (Å²) in [5, 5.41) is 0. The summed E-state index contributed by atoms with van der Waals surface area (Å²) in [5.74, 6) is 0. The molecule has 1 saturated carbocycles. The van der Waals surface area contributed by atoms with Crippen molar-refractivity contribution < 1.29 is 19.0 Å². The van der Waals surface area contributed by atoms with Crippen molar-refractivity contribution in [2.24, 2.45) is 0 Å². The van der Waals surface area contributed by atoms with E-state index in [9.17, 15) is 0 Å². The molecular weight excluding hydrogens is 198 g/mol. The van der Waals surface area contributed by atoms with Crippen LogP contribution in [0, 0.1) is 0 Å². The van der Waals surface area contributed by atoms with Crippen LogP contribution in [0.5, 0.6) is 0 Å². The molecule has 1 N–H and O–H groups in total. The van der Waals surface area contributed by atoms with Crippen molar-refractivity contribution in [3.8, 4) is 0 Å². The maximum Gasteiger partial charge on any atom is 0.101 e. The van der Waals surface area contributed by atoms with E-state index < -0.39 is 0 Å². The topological polar surface area (TPSA) is 49.0 Å². The second kappa shape index (κ2) is 7.14. The average Bonchev–Trinajstić information content (AvgIpc) is 2.21. The molecule has 3 unspecified atom stereocenters. The molecule has 5 heteroatoms. The molecule has 0 aromatic rings. The van der Waals surface area contributed by atoms with Crippen molar-refractivity contribution >= 4 is 0 Å². The van der Waals surface area contributed by atoms with Crippen molar-refractivity contribution in [1.29, 1.82) is 0 Å². The molecule has 0 heterocycles. The van der Waals surface area contributed by atoms with Gasteiger partial charge in [-0.1, -0.05) is 0 Å². The molecule has 0 bridgehead atoms. The van der Waals surface area contributed by atoms with Gasteiger partial charge in [0.05, 0.1) is 25.4 Å². The number of hydrogen-bond acceptors (Lipinski definition) is 5. The molecule has 1 aliphatic carbocycles. The zero-order valence-electron chi connectivity index (χ0n) is 9.69. The highest BCUT2D eigenvalue weighted by molar-refractivity contribution is 4.95. The van der Waals surface area contributed by atoms with E-state index in [0.717, 1.165) is 13.0 Å². The van der Waals surface area contributed by atoms with Crippen molar-refractivity contribution in [3.63, 3.8) is 0 Å². The molecular formula is C10H21NO4. The molecule has 3 atom stereocenters. The Kier molecular flexibility index (Phi) is 6.12. The van der Waals surface area contributed by atoms with Crippen molar-refractivity contribution in [2.45, 2.75) is 31.6 Å². The molecule has 1 rings (SSSR count). The number of rotatable bonds is 8. The standard InChI is InChI=1S/C10H21NO4/c1-4-14-9-7-8(10(9)13-3)11-15-6-5-12-2/h8-11H,4-7H2,1-3H3. The molecule has 0 saturated heterocycles. The molecule has 90 valence electrons. The summed E-state index contributed by atoms with van der Waals surface area (Å²) in [6.07, 6.45) is 1.22. The first-order valence-corrected chi connectivity index (χ1v) is 5.34. The van der Waals surface area contributed by atoms with Crippen molar-refractivity contribution in [2.75, 3.05) is 34.0 Å². The molecule has 1 fully saturated rings. The normalized spacial score (nSPS) is 30.2. The van der Waals surface area contributed by atoms with Gasteiger partial charge in [-0.25, -0.2) is 0 Å². The maximum atomic E-state index is 5.49.